The number of fused-ring (bicyclic) bond motifs is 2. The van der Waals surface area contributed by atoms with Gasteiger partial charge in [0.1, 0.15) is 11.6 Å². The highest BCUT2D eigenvalue weighted by Crippen LogP contribution is 2.42. The maximum Gasteiger partial charge on any atom is 0.250 e. The van der Waals surface area contributed by atoms with E-state index in [9.17, 15) is 14.3 Å². The van der Waals surface area contributed by atoms with E-state index in [0.29, 0.717) is 17.3 Å². The molecule has 8 heteroatoms. The summed E-state index contributed by atoms with van der Waals surface area (Å²) in [5.41, 5.74) is 1.22. The molecule has 0 amide bonds. The number of hydrogen-bond acceptors (Lipinski definition) is 6. The van der Waals surface area contributed by atoms with Crippen molar-refractivity contribution in [2.24, 2.45) is 7.05 Å². The monoisotopic (exact) mass is 477 g/mol. The third-order valence-electron chi connectivity index (χ3n) is 7.77. The van der Waals surface area contributed by atoms with Gasteiger partial charge in [0.25, 0.3) is 5.56 Å². The molecule has 2 aliphatic rings. The van der Waals surface area contributed by atoms with E-state index in [1.54, 1.807) is 25.4 Å². The Labute approximate surface area is 204 Å². The number of anilines is 1. The SMILES string of the molecule is CN(c1ccc(-c2cc(F)c(-c3ccn(C)c(=O)c3)cc2O)nn1)[C@H]1C[C@]2(C)CCC[C@](C)(C1)N2. The van der Waals surface area contributed by atoms with Crippen molar-refractivity contribution in [3.8, 4) is 28.1 Å². The van der Waals surface area contributed by atoms with Crippen molar-refractivity contribution in [1.29, 1.82) is 0 Å². The molecule has 184 valence electrons. The number of rotatable bonds is 4. The van der Waals surface area contributed by atoms with Crippen molar-refractivity contribution >= 4 is 5.82 Å². The summed E-state index contributed by atoms with van der Waals surface area (Å²) >= 11 is 0. The number of hydrogen-bond donors (Lipinski definition) is 2. The van der Waals surface area contributed by atoms with Gasteiger partial charge in [0.05, 0.1) is 5.69 Å². The van der Waals surface area contributed by atoms with Gasteiger partial charge in [-0.25, -0.2) is 4.39 Å². The molecular formula is C27H32FN5O2. The number of pyridine rings is 1. The molecule has 0 saturated carbocycles. The molecule has 5 rings (SSSR count). The normalized spacial score (nSPS) is 25.9. The second-order valence-electron chi connectivity index (χ2n) is 10.8. The van der Waals surface area contributed by atoms with E-state index in [4.69, 9.17) is 0 Å². The Balaban J connectivity index is 1.39. The van der Waals surface area contributed by atoms with Gasteiger partial charge in [-0.05, 0) is 81.8 Å². The molecule has 0 spiro atoms. The number of aromatic hydroxyl groups is 1. The zero-order valence-electron chi connectivity index (χ0n) is 20.7. The number of benzene rings is 1. The quantitative estimate of drug-likeness (QED) is 0.585. The number of nitrogens with zero attached hydrogens (tertiary/aromatic N) is 4. The highest BCUT2D eigenvalue weighted by atomic mass is 19.1. The van der Waals surface area contributed by atoms with Gasteiger partial charge in [0.15, 0.2) is 5.82 Å². The van der Waals surface area contributed by atoms with E-state index < -0.39 is 5.82 Å². The van der Waals surface area contributed by atoms with E-state index >= 15 is 0 Å². The van der Waals surface area contributed by atoms with Crippen LogP contribution in [0.15, 0.2) is 47.4 Å². The fourth-order valence-electron chi connectivity index (χ4n) is 5.96. The number of halogens is 1. The second kappa shape index (κ2) is 8.45. The Morgan fingerprint density at radius 3 is 2.43 bits per heavy atom. The van der Waals surface area contributed by atoms with Crippen LogP contribution in [-0.4, -0.2) is 44.0 Å². The van der Waals surface area contributed by atoms with Gasteiger partial charge in [-0.2, -0.15) is 0 Å². The lowest BCUT2D eigenvalue weighted by Gasteiger charge is -2.55. The van der Waals surface area contributed by atoms with Crippen LogP contribution in [0, 0.1) is 5.82 Å². The Morgan fingerprint density at radius 2 is 1.80 bits per heavy atom. The summed E-state index contributed by atoms with van der Waals surface area (Å²) in [6.07, 6.45) is 7.26. The van der Waals surface area contributed by atoms with Crippen molar-refractivity contribution in [1.82, 2.24) is 20.1 Å². The zero-order chi connectivity index (χ0) is 25.0. The fraction of sp³-hybridized carbons (Fsp3) is 0.444. The summed E-state index contributed by atoms with van der Waals surface area (Å²) in [7, 11) is 3.68. The van der Waals surface area contributed by atoms with Crippen molar-refractivity contribution in [3.63, 3.8) is 0 Å². The van der Waals surface area contributed by atoms with Crippen LogP contribution < -0.4 is 15.8 Å². The molecule has 1 aromatic carbocycles. The Bertz CT molecular complexity index is 1310. The highest BCUT2D eigenvalue weighted by Gasteiger charge is 2.46. The molecule has 2 N–H and O–H groups in total. The molecule has 3 aromatic rings. The van der Waals surface area contributed by atoms with Crippen molar-refractivity contribution in [3.05, 3.63) is 58.8 Å². The molecule has 2 saturated heterocycles. The highest BCUT2D eigenvalue weighted by molar-refractivity contribution is 5.74. The van der Waals surface area contributed by atoms with Crippen molar-refractivity contribution < 1.29 is 9.50 Å². The first-order valence-corrected chi connectivity index (χ1v) is 12.1. The average Bonchev–Trinajstić information content (AvgIpc) is 2.80. The Hall–Kier alpha value is -3.26. The summed E-state index contributed by atoms with van der Waals surface area (Å²) in [6, 6.07) is 9.53. The number of piperidine rings is 2. The van der Waals surface area contributed by atoms with Crippen LogP contribution in [0.5, 0.6) is 5.75 Å². The smallest absolute Gasteiger partial charge is 0.250 e. The minimum Gasteiger partial charge on any atom is -0.507 e. The van der Waals surface area contributed by atoms with E-state index in [1.165, 1.54) is 42.0 Å². The molecule has 0 radical (unpaired) electrons. The van der Waals surface area contributed by atoms with Crippen LogP contribution in [0.1, 0.15) is 46.0 Å². The van der Waals surface area contributed by atoms with Crippen LogP contribution in [0.2, 0.25) is 0 Å². The molecule has 0 unspecified atom stereocenters. The first kappa shape index (κ1) is 23.5. The first-order chi connectivity index (χ1) is 16.6. The van der Waals surface area contributed by atoms with Gasteiger partial charge < -0.3 is 19.9 Å². The standard InChI is InChI=1S/C27H32FN5O2/c1-26-9-5-10-27(2,31-26)16-18(15-26)33(4)24-7-6-22(29-30-24)20-13-21(28)19(14-23(20)34)17-8-11-32(3)25(35)12-17/h6-8,11-14,18,31,34H,5,9-10,15-16H2,1-4H3/t18-,26-,27+. The molecule has 7 nitrogen and oxygen atoms in total. The predicted molar refractivity (Wildman–Crippen MR) is 135 cm³/mol. The number of phenols is 1. The van der Waals surface area contributed by atoms with Crippen LogP contribution in [-0.2, 0) is 7.05 Å². The van der Waals surface area contributed by atoms with E-state index in [-0.39, 0.29) is 33.5 Å². The number of aromatic nitrogens is 3. The van der Waals surface area contributed by atoms with Crippen LogP contribution in [0.25, 0.3) is 22.4 Å². The third kappa shape index (κ3) is 4.43. The van der Waals surface area contributed by atoms with Gasteiger partial charge >= 0.3 is 0 Å². The Morgan fingerprint density at radius 1 is 1.09 bits per heavy atom. The van der Waals surface area contributed by atoms with Crippen molar-refractivity contribution in [2.75, 3.05) is 11.9 Å². The average molecular weight is 478 g/mol. The summed E-state index contributed by atoms with van der Waals surface area (Å²) < 4.78 is 16.4. The summed E-state index contributed by atoms with van der Waals surface area (Å²) in [4.78, 5) is 14.1. The molecule has 0 aliphatic carbocycles. The van der Waals surface area contributed by atoms with Crippen molar-refractivity contribution in [2.45, 2.75) is 63.1 Å². The molecule has 2 bridgehead atoms. The largest absolute Gasteiger partial charge is 0.507 e. The molecule has 35 heavy (non-hydrogen) atoms. The van der Waals surface area contributed by atoms with Gasteiger partial charge in [-0.15, -0.1) is 10.2 Å². The Kier molecular flexibility index (Phi) is 5.67. The molecule has 2 aliphatic heterocycles. The maximum atomic E-state index is 15.0. The zero-order valence-corrected chi connectivity index (χ0v) is 20.7. The minimum absolute atomic E-state index is 0.121. The lowest BCUT2D eigenvalue weighted by atomic mass is 9.69. The maximum absolute atomic E-state index is 15.0. The lowest BCUT2D eigenvalue weighted by Crippen LogP contribution is -2.66. The number of phenolic OH excluding ortho intramolecular Hbond substituents is 1. The second-order valence-corrected chi connectivity index (χ2v) is 10.8. The number of nitrogens with one attached hydrogen (secondary N) is 1. The van der Waals surface area contributed by atoms with Gasteiger partial charge in [-0.1, -0.05) is 0 Å². The molecule has 2 aromatic heterocycles. The van der Waals surface area contributed by atoms with Crippen LogP contribution >= 0.6 is 0 Å². The van der Waals surface area contributed by atoms with Gasteiger partial charge in [0.2, 0.25) is 0 Å². The molecule has 4 heterocycles. The number of aryl methyl sites for hydroxylation is 1. The van der Waals surface area contributed by atoms with E-state index in [2.05, 4.69) is 41.3 Å². The van der Waals surface area contributed by atoms with Gasteiger partial charge in [-0.3, -0.25) is 4.79 Å². The van der Waals surface area contributed by atoms with Gasteiger partial charge in [0, 0.05) is 54.6 Å². The summed E-state index contributed by atoms with van der Waals surface area (Å²) in [5.74, 6) is 0.0870. The molecular weight excluding hydrogens is 445 g/mol. The summed E-state index contributed by atoms with van der Waals surface area (Å²) in [6.45, 7) is 4.63. The molecule has 3 atom stereocenters. The van der Waals surface area contributed by atoms with E-state index in [0.717, 1.165) is 18.7 Å². The third-order valence-corrected chi connectivity index (χ3v) is 7.77. The predicted octanol–water partition coefficient (Wildman–Crippen LogP) is 4.24. The topological polar surface area (TPSA) is 83.3 Å². The van der Waals surface area contributed by atoms with E-state index in [1.807, 2.05) is 6.07 Å². The molecule has 2 fully saturated rings. The minimum atomic E-state index is -0.545. The lowest BCUT2D eigenvalue weighted by molar-refractivity contribution is 0.0784. The first-order valence-electron chi connectivity index (χ1n) is 12.1. The van der Waals surface area contributed by atoms with Crippen LogP contribution in [0.4, 0.5) is 10.2 Å². The van der Waals surface area contributed by atoms with Crippen LogP contribution in [0.3, 0.4) is 0 Å². The fourth-order valence-corrected chi connectivity index (χ4v) is 5.96. The summed E-state index contributed by atoms with van der Waals surface area (Å²) in [5, 5.41) is 23.2.